The van der Waals surface area contributed by atoms with Crippen molar-refractivity contribution in [3.05, 3.63) is 35.4 Å². The highest BCUT2D eigenvalue weighted by Crippen LogP contribution is 2.06. The predicted molar refractivity (Wildman–Crippen MR) is 125 cm³/mol. The number of benzene rings is 1. The van der Waals surface area contributed by atoms with Gasteiger partial charge in [-0.15, -0.1) is 0 Å². The smallest absolute Gasteiger partial charge is 0.327 e. The summed E-state index contributed by atoms with van der Waals surface area (Å²) in [7, 11) is 0. The summed E-state index contributed by atoms with van der Waals surface area (Å²) in [5, 5.41) is 37.1. The molecule has 0 aliphatic carbocycles. The summed E-state index contributed by atoms with van der Waals surface area (Å²) in [5.74, 6) is -5.58. The van der Waals surface area contributed by atoms with E-state index < -0.39 is 60.7 Å². The Bertz CT molecular complexity index is 911. The molecule has 0 fully saturated rings. The SMILES string of the molecule is O=CNCc1ccc(CC(=O)N[C@@H](CN[C@H](CC(=O)O)C(=O)N[C@H](CS)C(=O)O)CC(=O)O)cc1. The van der Waals surface area contributed by atoms with Gasteiger partial charge in [-0.1, -0.05) is 24.3 Å². The molecule has 0 unspecified atom stereocenters. The van der Waals surface area contributed by atoms with Crippen LogP contribution in [-0.4, -0.2) is 81.9 Å². The van der Waals surface area contributed by atoms with E-state index in [1.54, 1.807) is 24.3 Å². The Morgan fingerprint density at radius 3 is 2.00 bits per heavy atom. The van der Waals surface area contributed by atoms with Gasteiger partial charge in [0.25, 0.3) is 0 Å². The van der Waals surface area contributed by atoms with Gasteiger partial charge in [0.05, 0.1) is 31.3 Å². The molecule has 13 nitrogen and oxygen atoms in total. The molecule has 1 aromatic carbocycles. The largest absolute Gasteiger partial charge is 0.481 e. The van der Waals surface area contributed by atoms with Gasteiger partial charge in [0, 0.05) is 18.8 Å². The van der Waals surface area contributed by atoms with Crippen molar-refractivity contribution in [1.29, 1.82) is 0 Å². The van der Waals surface area contributed by atoms with E-state index in [4.69, 9.17) is 15.3 Å². The van der Waals surface area contributed by atoms with Crippen LogP contribution in [0.25, 0.3) is 0 Å². The van der Waals surface area contributed by atoms with Crippen LogP contribution in [0.1, 0.15) is 24.0 Å². The number of carbonyl (C=O) groups is 6. The molecular weight excluding hydrogens is 484 g/mol. The molecule has 35 heavy (non-hydrogen) atoms. The second-order valence-corrected chi connectivity index (χ2v) is 7.86. The molecule has 0 aromatic heterocycles. The van der Waals surface area contributed by atoms with Crippen LogP contribution in [-0.2, 0) is 41.7 Å². The van der Waals surface area contributed by atoms with Crippen molar-refractivity contribution >= 4 is 48.8 Å². The first-order valence-corrected chi connectivity index (χ1v) is 11.0. The lowest BCUT2D eigenvalue weighted by molar-refractivity contribution is -0.143. The summed E-state index contributed by atoms with van der Waals surface area (Å²) in [5.41, 5.74) is 1.45. The molecule has 0 bridgehead atoms. The zero-order chi connectivity index (χ0) is 26.4. The minimum atomic E-state index is -1.38. The fourth-order valence-corrected chi connectivity index (χ4v) is 3.21. The zero-order valence-corrected chi connectivity index (χ0v) is 19.5. The molecule has 0 radical (unpaired) electrons. The van der Waals surface area contributed by atoms with Gasteiger partial charge in [0.1, 0.15) is 6.04 Å². The number of carboxylic acids is 3. The number of carbonyl (C=O) groups excluding carboxylic acids is 3. The lowest BCUT2D eigenvalue weighted by Gasteiger charge is -2.23. The van der Waals surface area contributed by atoms with Crippen molar-refractivity contribution in [2.45, 2.75) is 43.9 Å². The fourth-order valence-electron chi connectivity index (χ4n) is 2.96. The van der Waals surface area contributed by atoms with Gasteiger partial charge in [0.2, 0.25) is 18.2 Å². The number of hydrogen-bond acceptors (Lipinski definition) is 8. The number of rotatable bonds is 17. The van der Waals surface area contributed by atoms with Crippen LogP contribution < -0.4 is 21.3 Å². The minimum absolute atomic E-state index is 0.0707. The molecule has 192 valence electrons. The van der Waals surface area contributed by atoms with Gasteiger partial charge < -0.3 is 36.6 Å². The van der Waals surface area contributed by atoms with Crippen LogP contribution in [0, 0.1) is 0 Å². The van der Waals surface area contributed by atoms with Gasteiger partial charge in [-0.2, -0.15) is 12.6 Å². The molecule has 1 aromatic rings. The fraction of sp³-hybridized carbons (Fsp3) is 0.429. The van der Waals surface area contributed by atoms with Crippen molar-refractivity contribution in [3.63, 3.8) is 0 Å². The number of thiol groups is 1. The first-order valence-electron chi connectivity index (χ1n) is 10.4. The van der Waals surface area contributed by atoms with Crippen LogP contribution in [0.4, 0.5) is 0 Å². The standard InChI is InChI=1S/C21H28N4O9S/c26-11-22-8-13-3-1-12(2-4-13)5-17(27)24-14(6-18(28)29)9-23-15(7-19(30)31)20(32)25-16(10-35)21(33)34/h1-4,11,14-16,23,35H,5-10H2,(H,22,26)(H,24,27)(H,25,32)(H,28,29)(H,30,31)(H,33,34)/t14-,15-,16-/m1/s1. The summed E-state index contributed by atoms with van der Waals surface area (Å²) in [6.45, 7) is 0.0624. The van der Waals surface area contributed by atoms with Crippen LogP contribution in [0.5, 0.6) is 0 Å². The Hall–Kier alpha value is -3.65. The first-order chi connectivity index (χ1) is 16.5. The average Bonchev–Trinajstić information content (AvgIpc) is 2.78. The van der Waals surface area contributed by atoms with Crippen molar-refractivity contribution in [1.82, 2.24) is 21.3 Å². The van der Waals surface area contributed by atoms with E-state index in [-0.39, 0.29) is 18.7 Å². The second kappa shape index (κ2) is 15.3. The molecule has 7 N–H and O–H groups in total. The molecule has 3 amide bonds. The van der Waals surface area contributed by atoms with Crippen LogP contribution in [0.3, 0.4) is 0 Å². The Morgan fingerprint density at radius 2 is 1.49 bits per heavy atom. The normalized spacial score (nSPS) is 13.1. The molecule has 0 aliphatic rings. The monoisotopic (exact) mass is 512 g/mol. The zero-order valence-electron chi connectivity index (χ0n) is 18.6. The lowest BCUT2D eigenvalue weighted by atomic mass is 10.1. The van der Waals surface area contributed by atoms with E-state index >= 15 is 0 Å². The first kappa shape index (κ1) is 29.4. The Balaban J connectivity index is 2.79. The van der Waals surface area contributed by atoms with Crippen LogP contribution in [0.15, 0.2) is 24.3 Å². The highest BCUT2D eigenvalue weighted by atomic mass is 32.1. The summed E-state index contributed by atoms with van der Waals surface area (Å²) in [6, 6.07) is 3.09. The number of hydrogen-bond donors (Lipinski definition) is 8. The third-order valence-electron chi connectivity index (χ3n) is 4.67. The Morgan fingerprint density at radius 1 is 0.886 bits per heavy atom. The number of carboxylic acid groups (broad SMARTS) is 3. The van der Waals surface area contributed by atoms with Crippen molar-refractivity contribution < 1.29 is 44.1 Å². The molecule has 0 spiro atoms. The summed E-state index contributed by atoms with van der Waals surface area (Å²) < 4.78 is 0. The maximum absolute atomic E-state index is 12.4. The van der Waals surface area contributed by atoms with Gasteiger partial charge in [-0.25, -0.2) is 4.79 Å². The maximum atomic E-state index is 12.4. The topological polar surface area (TPSA) is 211 Å². The summed E-state index contributed by atoms with van der Waals surface area (Å²) in [4.78, 5) is 68.7. The highest BCUT2D eigenvalue weighted by Gasteiger charge is 2.27. The van der Waals surface area contributed by atoms with Gasteiger partial charge in [0.15, 0.2) is 0 Å². The number of amides is 3. The minimum Gasteiger partial charge on any atom is -0.481 e. The molecule has 1 rings (SSSR count). The van der Waals surface area contributed by atoms with Crippen molar-refractivity contribution in [2.75, 3.05) is 12.3 Å². The lowest BCUT2D eigenvalue weighted by Crippen LogP contribution is -2.54. The number of aliphatic carboxylic acids is 3. The predicted octanol–water partition coefficient (Wildman–Crippen LogP) is -1.63. The van der Waals surface area contributed by atoms with E-state index in [0.717, 1.165) is 5.56 Å². The third-order valence-corrected chi connectivity index (χ3v) is 5.03. The number of nitrogens with one attached hydrogen (secondary N) is 4. The molecule has 0 saturated carbocycles. The van der Waals surface area contributed by atoms with Crippen molar-refractivity contribution in [2.24, 2.45) is 0 Å². The van der Waals surface area contributed by atoms with E-state index in [1.807, 2.05) is 0 Å². The van der Waals surface area contributed by atoms with Crippen LogP contribution in [0.2, 0.25) is 0 Å². The molecule has 0 aliphatic heterocycles. The summed E-state index contributed by atoms with van der Waals surface area (Å²) in [6.07, 6.45) is -0.721. The molecule has 3 atom stereocenters. The van der Waals surface area contributed by atoms with Gasteiger partial charge in [-0.05, 0) is 11.1 Å². The van der Waals surface area contributed by atoms with E-state index in [9.17, 15) is 28.8 Å². The molecular formula is C21H28N4O9S. The van der Waals surface area contributed by atoms with Gasteiger partial charge in [-0.3, -0.25) is 24.0 Å². The van der Waals surface area contributed by atoms with Gasteiger partial charge >= 0.3 is 17.9 Å². The maximum Gasteiger partial charge on any atom is 0.327 e. The molecule has 14 heteroatoms. The van der Waals surface area contributed by atoms with E-state index in [0.29, 0.717) is 18.5 Å². The second-order valence-electron chi connectivity index (χ2n) is 7.50. The average molecular weight is 513 g/mol. The highest BCUT2D eigenvalue weighted by molar-refractivity contribution is 7.80. The van der Waals surface area contributed by atoms with Crippen LogP contribution >= 0.6 is 12.6 Å². The third kappa shape index (κ3) is 11.9. The summed E-state index contributed by atoms with van der Waals surface area (Å²) >= 11 is 3.83. The quantitative estimate of drug-likeness (QED) is 0.0881. The molecule has 0 saturated heterocycles. The van der Waals surface area contributed by atoms with E-state index in [2.05, 4.69) is 33.9 Å². The molecule has 0 heterocycles. The van der Waals surface area contributed by atoms with E-state index in [1.165, 1.54) is 0 Å². The Labute approximate surface area is 206 Å². The van der Waals surface area contributed by atoms with Crippen molar-refractivity contribution in [3.8, 4) is 0 Å². The Kier molecular flexibility index (Phi) is 12.8.